The van der Waals surface area contributed by atoms with Crippen LogP contribution >= 0.6 is 33.9 Å². The van der Waals surface area contributed by atoms with Crippen LogP contribution in [0.1, 0.15) is 11.3 Å². The maximum Gasteiger partial charge on any atom is 0.243 e. The lowest BCUT2D eigenvalue weighted by Gasteiger charge is -2.11. The Morgan fingerprint density at radius 3 is 2.92 bits per heavy atom. The first-order valence-corrected chi connectivity index (χ1v) is 8.75. The summed E-state index contributed by atoms with van der Waals surface area (Å²) in [6, 6.07) is 11.2. The molecule has 120 valence electrons. The van der Waals surface area contributed by atoms with Gasteiger partial charge in [0, 0.05) is 11.6 Å². The number of nitrogens with one attached hydrogen (secondary N) is 1. The molecule has 24 heavy (non-hydrogen) atoms. The van der Waals surface area contributed by atoms with Crippen molar-refractivity contribution in [1.82, 2.24) is 9.97 Å². The summed E-state index contributed by atoms with van der Waals surface area (Å²) in [6.45, 7) is -0.625. The fourth-order valence-corrected chi connectivity index (χ4v) is 3.06. The number of aromatic nitrogens is 2. The van der Waals surface area contributed by atoms with E-state index in [9.17, 15) is 4.39 Å². The summed E-state index contributed by atoms with van der Waals surface area (Å²) in [7, 11) is 0. The largest absolute Gasteiger partial charge is 0.436 e. The van der Waals surface area contributed by atoms with E-state index in [0.717, 1.165) is 3.57 Å². The van der Waals surface area contributed by atoms with E-state index in [4.69, 9.17) is 10.00 Å². The van der Waals surface area contributed by atoms with Gasteiger partial charge in [-0.2, -0.15) is 5.26 Å². The molecular weight excluding hydrogens is 442 g/mol. The zero-order valence-corrected chi connectivity index (χ0v) is 15.1. The Bertz CT molecular complexity index is 909. The summed E-state index contributed by atoms with van der Waals surface area (Å²) in [5.74, 6) is 0.969. The molecule has 3 aromatic rings. The Morgan fingerprint density at radius 2 is 2.21 bits per heavy atom. The number of nitriles is 1. The van der Waals surface area contributed by atoms with Crippen LogP contribution in [0.25, 0.3) is 0 Å². The predicted molar refractivity (Wildman–Crippen MR) is 98.4 cm³/mol. The van der Waals surface area contributed by atoms with Gasteiger partial charge in [0.15, 0.2) is 5.13 Å². The highest BCUT2D eigenvalue weighted by molar-refractivity contribution is 14.1. The summed E-state index contributed by atoms with van der Waals surface area (Å²) in [5, 5.41) is 14.3. The van der Waals surface area contributed by atoms with Gasteiger partial charge in [0.05, 0.1) is 14.8 Å². The normalized spacial score (nSPS) is 10.2. The molecule has 0 fully saturated rings. The lowest BCUT2D eigenvalue weighted by Crippen LogP contribution is -1.98. The molecule has 0 aliphatic carbocycles. The first-order valence-electron chi connectivity index (χ1n) is 6.79. The van der Waals surface area contributed by atoms with Gasteiger partial charge in [0.2, 0.25) is 5.88 Å². The number of alkyl halides is 1. The Kier molecular flexibility index (Phi) is 5.22. The van der Waals surface area contributed by atoms with Gasteiger partial charge in [-0.15, -0.1) is 11.3 Å². The third-order valence-corrected chi connectivity index (χ3v) is 4.65. The lowest BCUT2D eigenvalue weighted by atomic mass is 10.3. The summed E-state index contributed by atoms with van der Waals surface area (Å²) in [6.07, 6.45) is 1.44. The average Bonchev–Trinajstić information content (AvgIpc) is 3.06. The van der Waals surface area contributed by atoms with Crippen molar-refractivity contribution in [2.45, 2.75) is 6.67 Å². The van der Waals surface area contributed by atoms with Crippen molar-refractivity contribution < 1.29 is 9.13 Å². The van der Waals surface area contributed by atoms with E-state index in [2.05, 4.69) is 37.9 Å². The highest BCUT2D eigenvalue weighted by atomic mass is 127. The van der Waals surface area contributed by atoms with Crippen LogP contribution in [-0.2, 0) is 6.67 Å². The van der Waals surface area contributed by atoms with Crippen molar-refractivity contribution in [2.24, 2.45) is 0 Å². The van der Waals surface area contributed by atoms with Crippen LogP contribution < -0.4 is 10.1 Å². The van der Waals surface area contributed by atoms with Crippen LogP contribution in [0.4, 0.5) is 15.2 Å². The van der Waals surface area contributed by atoms with E-state index >= 15 is 0 Å². The Morgan fingerprint density at radius 1 is 1.38 bits per heavy atom. The van der Waals surface area contributed by atoms with Gasteiger partial charge in [-0.3, -0.25) is 0 Å². The standard InChI is InChI=1S/C16H10FIN4OS/c17-6-11-9-24-16(21-11)22-13-5-10(7-19)8-20-15(13)23-14-4-2-1-3-12(14)18/h1-5,8-9H,6H2,(H,21,22). The number of benzene rings is 1. The molecular formula is C16H10FIN4OS. The zero-order valence-electron chi connectivity index (χ0n) is 12.2. The van der Waals surface area contributed by atoms with Gasteiger partial charge in [-0.05, 0) is 40.8 Å². The van der Waals surface area contributed by atoms with Crippen molar-refractivity contribution in [3.8, 4) is 17.7 Å². The summed E-state index contributed by atoms with van der Waals surface area (Å²) in [5.41, 5.74) is 1.23. The molecule has 0 amide bonds. The summed E-state index contributed by atoms with van der Waals surface area (Å²) in [4.78, 5) is 8.31. The number of pyridine rings is 1. The molecule has 0 bridgehead atoms. The first kappa shape index (κ1) is 16.6. The van der Waals surface area contributed by atoms with Crippen LogP contribution in [0.15, 0.2) is 41.9 Å². The van der Waals surface area contributed by atoms with Crippen molar-refractivity contribution in [1.29, 1.82) is 5.26 Å². The minimum atomic E-state index is -0.625. The SMILES string of the molecule is N#Cc1cnc(Oc2ccccc2I)c(Nc2nc(CF)cs2)c1. The van der Waals surface area contributed by atoms with Crippen LogP contribution in [0.2, 0.25) is 0 Å². The Balaban J connectivity index is 1.94. The molecule has 0 aliphatic heterocycles. The predicted octanol–water partition coefficient (Wildman–Crippen LogP) is 5.02. The van der Waals surface area contributed by atoms with Gasteiger partial charge in [-0.1, -0.05) is 12.1 Å². The van der Waals surface area contributed by atoms with Gasteiger partial charge in [0.25, 0.3) is 0 Å². The van der Waals surface area contributed by atoms with E-state index in [1.54, 1.807) is 11.4 Å². The first-order chi connectivity index (χ1) is 11.7. The molecule has 1 N–H and O–H groups in total. The topological polar surface area (TPSA) is 70.8 Å². The minimum absolute atomic E-state index is 0.315. The van der Waals surface area contributed by atoms with Crippen LogP contribution in [0.5, 0.6) is 11.6 Å². The minimum Gasteiger partial charge on any atom is -0.436 e. The Hall–Kier alpha value is -2.25. The number of hydrogen-bond acceptors (Lipinski definition) is 6. The van der Waals surface area contributed by atoms with Crippen molar-refractivity contribution in [2.75, 3.05) is 5.32 Å². The summed E-state index contributed by atoms with van der Waals surface area (Å²) < 4.78 is 19.4. The quantitative estimate of drug-likeness (QED) is 0.551. The van der Waals surface area contributed by atoms with Crippen molar-refractivity contribution >= 4 is 44.7 Å². The summed E-state index contributed by atoms with van der Waals surface area (Å²) >= 11 is 3.44. The molecule has 0 unspecified atom stereocenters. The molecule has 1 aromatic carbocycles. The number of nitrogens with zero attached hydrogens (tertiary/aromatic N) is 3. The molecule has 0 saturated carbocycles. The molecule has 8 heteroatoms. The third-order valence-electron chi connectivity index (χ3n) is 2.95. The van der Waals surface area contributed by atoms with Crippen LogP contribution in [0.3, 0.4) is 0 Å². The number of hydrogen-bond donors (Lipinski definition) is 1. The highest BCUT2D eigenvalue weighted by Gasteiger charge is 2.12. The van der Waals surface area contributed by atoms with E-state index in [0.29, 0.717) is 33.7 Å². The number of anilines is 2. The van der Waals surface area contributed by atoms with E-state index in [-0.39, 0.29) is 0 Å². The monoisotopic (exact) mass is 452 g/mol. The van der Waals surface area contributed by atoms with Crippen LogP contribution in [-0.4, -0.2) is 9.97 Å². The molecule has 0 radical (unpaired) electrons. The number of thiazole rings is 1. The van der Waals surface area contributed by atoms with Crippen LogP contribution in [0, 0.1) is 14.9 Å². The molecule has 5 nitrogen and oxygen atoms in total. The maximum absolute atomic E-state index is 12.6. The lowest BCUT2D eigenvalue weighted by molar-refractivity contribution is 0.462. The second kappa shape index (κ2) is 7.55. The number of ether oxygens (including phenoxy) is 1. The highest BCUT2D eigenvalue weighted by Crippen LogP contribution is 2.33. The fourth-order valence-electron chi connectivity index (χ4n) is 1.86. The van der Waals surface area contributed by atoms with Gasteiger partial charge in [-0.25, -0.2) is 14.4 Å². The third kappa shape index (κ3) is 3.80. The second-order valence-corrected chi connectivity index (χ2v) is 6.64. The zero-order chi connectivity index (χ0) is 16.9. The molecule has 0 saturated heterocycles. The van der Waals surface area contributed by atoms with Gasteiger partial charge >= 0.3 is 0 Å². The molecule has 2 aromatic heterocycles. The van der Waals surface area contributed by atoms with Crippen molar-refractivity contribution in [3.05, 3.63) is 56.7 Å². The molecule has 0 atom stereocenters. The number of para-hydroxylation sites is 1. The van der Waals surface area contributed by atoms with Gasteiger partial charge in [0.1, 0.15) is 24.2 Å². The fraction of sp³-hybridized carbons (Fsp3) is 0.0625. The van der Waals surface area contributed by atoms with Gasteiger partial charge < -0.3 is 10.1 Å². The molecule has 2 heterocycles. The molecule has 0 aliphatic rings. The van der Waals surface area contributed by atoms with E-state index < -0.39 is 6.67 Å². The maximum atomic E-state index is 12.6. The van der Waals surface area contributed by atoms with E-state index in [1.165, 1.54) is 17.5 Å². The second-order valence-electron chi connectivity index (χ2n) is 4.62. The molecule has 0 spiro atoms. The van der Waals surface area contributed by atoms with E-state index in [1.807, 2.05) is 30.3 Å². The average molecular weight is 452 g/mol. The number of rotatable bonds is 5. The Labute approximate surface area is 155 Å². The number of halogens is 2. The smallest absolute Gasteiger partial charge is 0.243 e. The van der Waals surface area contributed by atoms with Crippen molar-refractivity contribution in [3.63, 3.8) is 0 Å². The molecule has 3 rings (SSSR count).